The summed E-state index contributed by atoms with van der Waals surface area (Å²) in [6, 6.07) is 12.8. The summed E-state index contributed by atoms with van der Waals surface area (Å²) >= 11 is 0. The number of allylic oxidation sites excluding steroid dienone is 1. The number of hydrogen-bond donors (Lipinski definition) is 0. The highest BCUT2D eigenvalue weighted by Gasteiger charge is 2.35. The van der Waals surface area contributed by atoms with Crippen LogP contribution in [0, 0.1) is 0 Å². The van der Waals surface area contributed by atoms with Gasteiger partial charge in [0.05, 0.1) is 23.9 Å². The van der Waals surface area contributed by atoms with Crippen molar-refractivity contribution in [2.45, 2.75) is 6.18 Å². The number of benzene rings is 2. The summed E-state index contributed by atoms with van der Waals surface area (Å²) in [5.41, 5.74) is 0.456. The molecule has 0 unspecified atom stereocenters. The smallest absolute Gasteiger partial charge is 0.417 e. The Labute approximate surface area is 141 Å². The van der Waals surface area contributed by atoms with E-state index in [1.807, 2.05) is 0 Å². The van der Waals surface area contributed by atoms with E-state index in [4.69, 9.17) is 4.74 Å². The van der Waals surface area contributed by atoms with Crippen molar-refractivity contribution < 1.29 is 22.7 Å². The van der Waals surface area contributed by atoms with Crippen LogP contribution in [0.4, 0.5) is 13.2 Å². The Bertz CT molecular complexity index is 953. The molecule has 1 aromatic heterocycles. The molecule has 0 N–H and O–H groups in total. The van der Waals surface area contributed by atoms with E-state index in [1.54, 1.807) is 42.5 Å². The highest BCUT2D eigenvalue weighted by Crippen LogP contribution is 2.37. The molecule has 0 amide bonds. The molecule has 3 rings (SSSR count). The Morgan fingerprint density at radius 3 is 2.36 bits per heavy atom. The summed E-state index contributed by atoms with van der Waals surface area (Å²) in [5, 5.41) is 0.529. The van der Waals surface area contributed by atoms with E-state index in [2.05, 4.69) is 6.58 Å². The maximum Gasteiger partial charge on any atom is 0.417 e. The number of carbonyl (C=O) groups excluding carboxylic acids is 1. The molecule has 0 aliphatic heterocycles. The molecule has 0 aliphatic carbocycles. The molecule has 0 bridgehead atoms. The largest absolute Gasteiger partial charge is 0.497 e. The van der Waals surface area contributed by atoms with Gasteiger partial charge in [-0.05, 0) is 48.5 Å². The number of alkyl halides is 3. The van der Waals surface area contributed by atoms with Gasteiger partial charge < -0.3 is 9.30 Å². The average molecular weight is 345 g/mol. The highest BCUT2D eigenvalue weighted by molar-refractivity contribution is 5.92. The van der Waals surface area contributed by atoms with Crippen LogP contribution in [0.2, 0.25) is 0 Å². The number of ether oxygens (including phenoxy) is 1. The first-order chi connectivity index (χ1) is 11.8. The lowest BCUT2D eigenvalue weighted by Crippen LogP contribution is -2.12. The van der Waals surface area contributed by atoms with Crippen molar-refractivity contribution in [1.82, 2.24) is 4.57 Å². The Morgan fingerprint density at radius 2 is 1.80 bits per heavy atom. The molecular formula is C19H14F3NO2. The van der Waals surface area contributed by atoms with Crippen molar-refractivity contribution in [1.29, 1.82) is 0 Å². The monoisotopic (exact) mass is 345 g/mol. The third-order valence-electron chi connectivity index (χ3n) is 3.94. The van der Waals surface area contributed by atoms with E-state index in [1.165, 1.54) is 17.7 Å². The van der Waals surface area contributed by atoms with Crippen LogP contribution in [0.3, 0.4) is 0 Å². The number of halogens is 3. The first-order valence-corrected chi connectivity index (χ1v) is 7.36. The molecule has 0 saturated carbocycles. The molecular weight excluding hydrogens is 331 g/mol. The average Bonchev–Trinajstić information content (AvgIpc) is 2.98. The van der Waals surface area contributed by atoms with E-state index in [0.29, 0.717) is 34.2 Å². The molecule has 0 aliphatic rings. The molecule has 0 fully saturated rings. The number of rotatable bonds is 4. The van der Waals surface area contributed by atoms with E-state index < -0.39 is 11.7 Å². The van der Waals surface area contributed by atoms with E-state index >= 15 is 0 Å². The number of aromatic nitrogens is 1. The fourth-order valence-corrected chi connectivity index (χ4v) is 2.68. The van der Waals surface area contributed by atoms with E-state index in [0.717, 1.165) is 0 Å². The fraction of sp³-hybridized carbons (Fsp3) is 0.105. The van der Waals surface area contributed by atoms with Crippen LogP contribution in [0.25, 0.3) is 22.2 Å². The minimum atomic E-state index is -4.56. The van der Waals surface area contributed by atoms with Crippen molar-refractivity contribution in [3.8, 4) is 11.4 Å². The zero-order valence-electron chi connectivity index (χ0n) is 13.3. The van der Waals surface area contributed by atoms with Crippen LogP contribution >= 0.6 is 0 Å². The van der Waals surface area contributed by atoms with Gasteiger partial charge in [0.25, 0.3) is 0 Å². The summed E-state index contributed by atoms with van der Waals surface area (Å²) in [6.45, 7) is 3.21. The maximum absolute atomic E-state index is 13.2. The summed E-state index contributed by atoms with van der Waals surface area (Å²) in [7, 11) is 1.51. The molecule has 0 saturated heterocycles. The van der Waals surface area contributed by atoms with Crippen LogP contribution in [0.5, 0.6) is 5.75 Å². The lowest BCUT2D eigenvalue weighted by molar-refractivity contribution is -0.0689. The van der Waals surface area contributed by atoms with E-state index in [9.17, 15) is 18.0 Å². The minimum absolute atomic E-state index is 0.0734. The molecule has 0 radical (unpaired) electrons. The molecule has 1 heterocycles. The normalized spacial score (nSPS) is 11.5. The summed E-state index contributed by atoms with van der Waals surface area (Å²) in [5.74, 6) is 0.597. The zero-order valence-corrected chi connectivity index (χ0v) is 13.3. The molecule has 25 heavy (non-hydrogen) atoms. The van der Waals surface area contributed by atoms with Gasteiger partial charge in [0.2, 0.25) is 0 Å². The second-order valence-corrected chi connectivity index (χ2v) is 5.48. The second kappa shape index (κ2) is 6.12. The zero-order chi connectivity index (χ0) is 18.2. The molecule has 2 aromatic carbocycles. The van der Waals surface area contributed by atoms with Crippen molar-refractivity contribution in [2.24, 2.45) is 0 Å². The van der Waals surface area contributed by atoms with Crippen LogP contribution in [0.1, 0.15) is 16.1 Å². The third kappa shape index (κ3) is 3.03. The molecule has 128 valence electrons. The number of hydrogen-bond acceptors (Lipinski definition) is 2. The van der Waals surface area contributed by atoms with Gasteiger partial charge in [-0.25, -0.2) is 0 Å². The first kappa shape index (κ1) is 16.8. The van der Waals surface area contributed by atoms with Gasteiger partial charge in [-0.1, -0.05) is 6.58 Å². The molecule has 6 heteroatoms. The van der Waals surface area contributed by atoms with Crippen LogP contribution in [-0.2, 0) is 0 Å². The predicted octanol–water partition coefficient (Wildman–Crippen LogP) is 5.03. The number of fused-ring (bicyclic) bond motifs is 1. The highest BCUT2D eigenvalue weighted by atomic mass is 19.4. The standard InChI is InChI=1S/C19H14F3NO2/c1-12(19(20,21)22)18-10-14-9-13(11-24)3-8-17(14)23(18)15-4-6-16(25-2)7-5-15/h3-11H,1H2,2H3. The molecule has 0 spiro atoms. The molecule has 3 nitrogen and oxygen atoms in total. The Hall–Kier alpha value is -3.02. The van der Waals surface area contributed by atoms with Crippen LogP contribution < -0.4 is 4.74 Å². The van der Waals surface area contributed by atoms with Crippen molar-refractivity contribution >= 4 is 22.8 Å². The molecule has 0 atom stereocenters. The van der Waals surface area contributed by atoms with Gasteiger partial charge >= 0.3 is 6.18 Å². The Kier molecular flexibility index (Phi) is 4.12. The van der Waals surface area contributed by atoms with Gasteiger partial charge in [-0.15, -0.1) is 0 Å². The van der Waals surface area contributed by atoms with Gasteiger partial charge in [-0.3, -0.25) is 4.79 Å². The van der Waals surface area contributed by atoms with Gasteiger partial charge in [0.15, 0.2) is 0 Å². The minimum Gasteiger partial charge on any atom is -0.497 e. The topological polar surface area (TPSA) is 31.2 Å². The number of nitrogens with zero attached hydrogens (tertiary/aromatic N) is 1. The summed E-state index contributed by atoms with van der Waals surface area (Å²) in [4.78, 5) is 11.0. The summed E-state index contributed by atoms with van der Waals surface area (Å²) < 4.78 is 46.3. The Morgan fingerprint density at radius 1 is 1.12 bits per heavy atom. The first-order valence-electron chi connectivity index (χ1n) is 7.36. The fourth-order valence-electron chi connectivity index (χ4n) is 2.68. The SMILES string of the molecule is C=C(c1cc2cc(C=O)ccc2n1-c1ccc(OC)cc1)C(F)(F)F. The second-order valence-electron chi connectivity index (χ2n) is 5.48. The Balaban J connectivity index is 2.29. The predicted molar refractivity (Wildman–Crippen MR) is 90.3 cm³/mol. The van der Waals surface area contributed by atoms with Crippen LogP contribution in [0.15, 0.2) is 55.1 Å². The quantitative estimate of drug-likeness (QED) is 0.621. The lowest BCUT2D eigenvalue weighted by Gasteiger charge is -2.15. The number of methoxy groups -OCH3 is 1. The summed E-state index contributed by atoms with van der Waals surface area (Å²) in [6.07, 6.45) is -3.91. The number of aldehydes is 1. The van der Waals surface area contributed by atoms with Gasteiger partial charge in [0.1, 0.15) is 12.0 Å². The molecule has 3 aromatic rings. The van der Waals surface area contributed by atoms with E-state index in [-0.39, 0.29) is 5.69 Å². The van der Waals surface area contributed by atoms with Crippen LogP contribution in [-0.4, -0.2) is 24.1 Å². The lowest BCUT2D eigenvalue weighted by atomic mass is 10.1. The van der Waals surface area contributed by atoms with Crippen molar-refractivity contribution in [3.05, 3.63) is 66.4 Å². The maximum atomic E-state index is 13.2. The van der Waals surface area contributed by atoms with Gasteiger partial charge in [-0.2, -0.15) is 13.2 Å². The van der Waals surface area contributed by atoms with Gasteiger partial charge in [0, 0.05) is 16.6 Å². The van der Waals surface area contributed by atoms with Crippen molar-refractivity contribution in [2.75, 3.05) is 7.11 Å². The number of carbonyl (C=O) groups is 1. The van der Waals surface area contributed by atoms with Crippen molar-refractivity contribution in [3.63, 3.8) is 0 Å². The third-order valence-corrected chi connectivity index (χ3v) is 3.94.